The Morgan fingerprint density at radius 2 is 1.83 bits per heavy atom. The molecule has 3 rings (SSSR count). The highest BCUT2D eigenvalue weighted by Crippen LogP contribution is 2.25. The van der Waals surface area contributed by atoms with Crippen molar-refractivity contribution in [1.29, 1.82) is 5.26 Å². The first-order chi connectivity index (χ1) is 13.9. The number of benzene rings is 2. The van der Waals surface area contributed by atoms with E-state index in [1.807, 2.05) is 0 Å². The molecule has 0 amide bonds. The minimum Gasteiger partial charge on any atom is -0.465 e. The summed E-state index contributed by atoms with van der Waals surface area (Å²) >= 11 is 5.91. The minimum absolute atomic E-state index is 0.0125. The molecule has 7 nitrogen and oxygen atoms in total. The van der Waals surface area contributed by atoms with Gasteiger partial charge in [-0.05, 0) is 42.5 Å². The molecule has 1 heterocycles. The first kappa shape index (κ1) is 20.3. The quantitative estimate of drug-likeness (QED) is 0.455. The molecule has 0 aliphatic heterocycles. The minimum atomic E-state index is -4.10. The Labute approximate surface area is 172 Å². The van der Waals surface area contributed by atoms with Gasteiger partial charge < -0.3 is 4.74 Å². The maximum atomic E-state index is 12.9. The highest BCUT2D eigenvalue weighted by molar-refractivity contribution is 7.95. The van der Waals surface area contributed by atoms with Gasteiger partial charge in [0.15, 0.2) is 4.91 Å². The Bertz CT molecular complexity index is 1220. The second-order valence-corrected chi connectivity index (χ2v) is 8.11. The predicted octanol–water partition coefficient (Wildman–Crippen LogP) is 3.65. The lowest BCUT2D eigenvalue weighted by Gasteiger charge is -2.08. The Balaban J connectivity index is 2.22. The number of carbonyl (C=O) groups is 1. The molecule has 0 atom stereocenters. The summed E-state index contributed by atoms with van der Waals surface area (Å²) in [7, 11) is -2.90. The standard InChI is InChI=1S/C20H14ClN3O4S/c1-28-20(25)18-13-23-24(15-9-7-14(21)8-10-15)19(18)11-17(12-22)29(26,27)16-5-3-2-4-6-16/h2-11,13H,1H3/b17-11-. The normalized spacial score (nSPS) is 11.7. The molecule has 0 spiro atoms. The number of methoxy groups -OCH3 is 1. The van der Waals surface area contributed by atoms with Crippen molar-refractivity contribution in [3.8, 4) is 11.8 Å². The summed E-state index contributed by atoms with van der Waals surface area (Å²) in [6.45, 7) is 0. The Morgan fingerprint density at radius 1 is 1.17 bits per heavy atom. The number of carbonyl (C=O) groups excluding carboxylic acids is 1. The lowest BCUT2D eigenvalue weighted by molar-refractivity contribution is 0.0600. The SMILES string of the molecule is COC(=O)c1cnn(-c2ccc(Cl)cc2)c1/C=C(/C#N)S(=O)(=O)c1ccccc1. The summed E-state index contributed by atoms with van der Waals surface area (Å²) in [6, 6.07) is 15.8. The van der Waals surface area contributed by atoms with Crippen LogP contribution in [-0.4, -0.2) is 31.3 Å². The van der Waals surface area contributed by atoms with Gasteiger partial charge in [0.1, 0.15) is 11.6 Å². The molecule has 9 heteroatoms. The fourth-order valence-electron chi connectivity index (χ4n) is 2.57. The Kier molecular flexibility index (Phi) is 5.82. The molecule has 0 aliphatic rings. The lowest BCUT2D eigenvalue weighted by Crippen LogP contribution is -2.08. The molecule has 2 aromatic carbocycles. The van der Waals surface area contributed by atoms with Crippen LogP contribution in [0.5, 0.6) is 0 Å². The van der Waals surface area contributed by atoms with Gasteiger partial charge in [-0.15, -0.1) is 0 Å². The second-order valence-electron chi connectivity index (χ2n) is 5.76. The molecule has 0 bridgehead atoms. The van der Waals surface area contributed by atoms with Gasteiger partial charge in [0, 0.05) is 5.02 Å². The molecule has 0 aliphatic carbocycles. The third-order valence-corrected chi connectivity index (χ3v) is 5.94. The van der Waals surface area contributed by atoms with Crippen LogP contribution in [0.25, 0.3) is 11.8 Å². The number of halogens is 1. The molecule has 0 unspecified atom stereocenters. The number of allylic oxidation sites excluding steroid dienone is 1. The number of aromatic nitrogens is 2. The van der Waals surface area contributed by atoms with E-state index in [0.29, 0.717) is 10.7 Å². The predicted molar refractivity (Wildman–Crippen MR) is 107 cm³/mol. The van der Waals surface area contributed by atoms with Crippen molar-refractivity contribution in [3.63, 3.8) is 0 Å². The van der Waals surface area contributed by atoms with Crippen LogP contribution in [0.1, 0.15) is 16.1 Å². The first-order valence-electron chi connectivity index (χ1n) is 8.22. The number of hydrogen-bond donors (Lipinski definition) is 0. The van der Waals surface area contributed by atoms with Gasteiger partial charge in [-0.1, -0.05) is 29.8 Å². The highest BCUT2D eigenvalue weighted by Gasteiger charge is 2.24. The zero-order chi connectivity index (χ0) is 21.0. The zero-order valence-electron chi connectivity index (χ0n) is 15.1. The average molecular weight is 428 g/mol. The van der Waals surface area contributed by atoms with E-state index in [0.717, 1.165) is 6.08 Å². The van der Waals surface area contributed by atoms with Crippen molar-refractivity contribution in [2.45, 2.75) is 4.90 Å². The third kappa shape index (κ3) is 4.06. The van der Waals surface area contributed by atoms with Crippen molar-refractivity contribution < 1.29 is 17.9 Å². The number of esters is 1. The van der Waals surface area contributed by atoms with E-state index >= 15 is 0 Å². The van der Waals surface area contributed by atoms with Crippen LogP contribution in [0.15, 0.2) is 70.6 Å². The summed E-state index contributed by atoms with van der Waals surface area (Å²) in [4.78, 5) is 11.6. The summed E-state index contributed by atoms with van der Waals surface area (Å²) in [5.74, 6) is -0.717. The molecule has 29 heavy (non-hydrogen) atoms. The van der Waals surface area contributed by atoms with Crippen LogP contribution < -0.4 is 0 Å². The van der Waals surface area contributed by atoms with E-state index < -0.39 is 20.7 Å². The van der Waals surface area contributed by atoms with Crippen LogP contribution in [-0.2, 0) is 14.6 Å². The van der Waals surface area contributed by atoms with Crippen LogP contribution in [0.2, 0.25) is 5.02 Å². The molecular weight excluding hydrogens is 414 g/mol. The van der Waals surface area contributed by atoms with E-state index in [2.05, 4.69) is 5.10 Å². The largest absolute Gasteiger partial charge is 0.465 e. The number of sulfone groups is 1. The van der Waals surface area contributed by atoms with E-state index in [4.69, 9.17) is 16.3 Å². The van der Waals surface area contributed by atoms with Gasteiger partial charge in [0.05, 0.1) is 29.6 Å². The maximum Gasteiger partial charge on any atom is 0.341 e. The zero-order valence-corrected chi connectivity index (χ0v) is 16.7. The van der Waals surface area contributed by atoms with E-state index in [-0.39, 0.29) is 16.2 Å². The molecule has 146 valence electrons. The molecular formula is C20H14ClN3O4S. The number of ether oxygens (including phenoxy) is 1. The van der Waals surface area contributed by atoms with Gasteiger partial charge in [0.25, 0.3) is 0 Å². The molecule has 0 fully saturated rings. The smallest absolute Gasteiger partial charge is 0.341 e. The molecule has 0 saturated heterocycles. The monoisotopic (exact) mass is 427 g/mol. The maximum absolute atomic E-state index is 12.9. The second kappa shape index (κ2) is 8.31. The van der Waals surface area contributed by atoms with Gasteiger partial charge in [-0.25, -0.2) is 17.9 Å². The fraction of sp³-hybridized carbons (Fsp3) is 0.0500. The molecule has 1 aromatic heterocycles. The van der Waals surface area contributed by atoms with Gasteiger partial charge >= 0.3 is 5.97 Å². The average Bonchev–Trinajstić information content (AvgIpc) is 3.16. The Hall–Kier alpha value is -3.41. The van der Waals surface area contributed by atoms with Crippen molar-refractivity contribution in [2.75, 3.05) is 7.11 Å². The molecule has 3 aromatic rings. The molecule has 0 radical (unpaired) electrons. The third-order valence-electron chi connectivity index (χ3n) is 4.00. The lowest BCUT2D eigenvalue weighted by atomic mass is 10.2. The molecule has 0 saturated carbocycles. The molecule has 0 N–H and O–H groups in total. The highest BCUT2D eigenvalue weighted by atomic mass is 35.5. The summed E-state index contributed by atoms with van der Waals surface area (Å²) < 4.78 is 31.8. The van der Waals surface area contributed by atoms with Gasteiger partial charge in [-0.2, -0.15) is 10.4 Å². The summed E-state index contributed by atoms with van der Waals surface area (Å²) in [5, 5.41) is 14.2. The van der Waals surface area contributed by atoms with Crippen LogP contribution in [0, 0.1) is 11.3 Å². The number of nitriles is 1. The van der Waals surface area contributed by atoms with Crippen molar-refractivity contribution in [1.82, 2.24) is 9.78 Å². The van der Waals surface area contributed by atoms with E-state index in [1.165, 1.54) is 30.1 Å². The van der Waals surface area contributed by atoms with Crippen molar-refractivity contribution in [3.05, 3.63) is 82.0 Å². The topological polar surface area (TPSA) is 102 Å². The van der Waals surface area contributed by atoms with Gasteiger partial charge in [0.2, 0.25) is 9.84 Å². The Morgan fingerprint density at radius 3 is 2.41 bits per heavy atom. The van der Waals surface area contributed by atoms with Crippen molar-refractivity contribution >= 4 is 33.5 Å². The summed E-state index contributed by atoms with van der Waals surface area (Å²) in [6.07, 6.45) is 2.35. The summed E-state index contributed by atoms with van der Waals surface area (Å²) in [5.41, 5.74) is 0.624. The van der Waals surface area contributed by atoms with Crippen LogP contribution in [0.3, 0.4) is 0 Å². The first-order valence-corrected chi connectivity index (χ1v) is 10.1. The van der Waals surface area contributed by atoms with Gasteiger partial charge in [-0.3, -0.25) is 0 Å². The number of rotatable bonds is 5. The van der Waals surface area contributed by atoms with Crippen LogP contribution in [0.4, 0.5) is 0 Å². The van der Waals surface area contributed by atoms with E-state index in [9.17, 15) is 18.5 Å². The number of nitrogens with zero attached hydrogens (tertiary/aromatic N) is 3. The van der Waals surface area contributed by atoms with Crippen molar-refractivity contribution in [2.24, 2.45) is 0 Å². The van der Waals surface area contributed by atoms with E-state index in [1.54, 1.807) is 48.5 Å². The fourth-order valence-corrected chi connectivity index (χ4v) is 3.86. The number of hydrogen-bond acceptors (Lipinski definition) is 6. The van der Waals surface area contributed by atoms with Crippen LogP contribution >= 0.6 is 11.6 Å².